The summed E-state index contributed by atoms with van der Waals surface area (Å²) in [5.74, 6) is 1.92. The van der Waals surface area contributed by atoms with Gasteiger partial charge in [-0.15, -0.1) is 0 Å². The second-order valence-corrected chi connectivity index (χ2v) is 7.52. The minimum absolute atomic E-state index is 0.238. The van der Waals surface area contributed by atoms with E-state index in [0.717, 1.165) is 43.7 Å². The number of hydrogen-bond donors (Lipinski definition) is 1. The van der Waals surface area contributed by atoms with Crippen LogP contribution in [0.3, 0.4) is 0 Å². The lowest BCUT2D eigenvalue weighted by Crippen LogP contribution is -2.28. The molecule has 2 N–H and O–H groups in total. The first-order valence-electron chi connectivity index (χ1n) is 9.56. The third-order valence-corrected chi connectivity index (χ3v) is 5.25. The maximum Gasteiger partial charge on any atom is 0.154 e. The molecule has 0 fully saturated rings. The number of aliphatic imine (C=N–C) groups is 2. The number of dihydropyridines is 1. The van der Waals surface area contributed by atoms with Crippen molar-refractivity contribution in [1.29, 1.82) is 0 Å². The van der Waals surface area contributed by atoms with Crippen LogP contribution in [-0.4, -0.2) is 30.3 Å². The summed E-state index contributed by atoms with van der Waals surface area (Å²) in [5, 5.41) is 0.678. The predicted molar refractivity (Wildman–Crippen MR) is 115 cm³/mol. The molecule has 2 aliphatic heterocycles. The van der Waals surface area contributed by atoms with Gasteiger partial charge in [-0.3, -0.25) is 9.98 Å². The number of benzene rings is 1. The van der Waals surface area contributed by atoms with Gasteiger partial charge in [-0.05, 0) is 55.9 Å². The van der Waals surface area contributed by atoms with Crippen LogP contribution in [0.25, 0.3) is 0 Å². The number of rotatable bonds is 6. The van der Waals surface area contributed by atoms with Crippen LogP contribution in [0.5, 0.6) is 5.75 Å². The molecule has 4 nitrogen and oxygen atoms in total. The maximum atomic E-state index is 5.94. The van der Waals surface area contributed by atoms with Crippen LogP contribution in [0, 0.1) is 0 Å². The molecule has 1 unspecified atom stereocenters. The minimum atomic E-state index is -0.238. The van der Waals surface area contributed by atoms with Gasteiger partial charge in [0.05, 0.1) is 12.1 Å². The molecule has 5 heteroatoms. The first-order valence-corrected chi connectivity index (χ1v) is 10.5. The zero-order valence-corrected chi connectivity index (χ0v) is 17.0. The summed E-state index contributed by atoms with van der Waals surface area (Å²) in [6.07, 6.45) is 8.36. The highest BCUT2D eigenvalue weighted by Crippen LogP contribution is 2.36. The van der Waals surface area contributed by atoms with Crippen LogP contribution in [0.4, 0.5) is 0 Å². The van der Waals surface area contributed by atoms with E-state index in [1.807, 2.05) is 32.2 Å². The van der Waals surface area contributed by atoms with Gasteiger partial charge in [0.25, 0.3) is 0 Å². The molecule has 0 aromatic heterocycles. The van der Waals surface area contributed by atoms with Gasteiger partial charge in [0, 0.05) is 18.5 Å². The summed E-state index contributed by atoms with van der Waals surface area (Å²) >= 11 is 1.63. The van der Waals surface area contributed by atoms with Crippen molar-refractivity contribution in [2.75, 3.05) is 18.9 Å². The summed E-state index contributed by atoms with van der Waals surface area (Å²) in [6, 6.07) is 8.27. The number of hydrogen-bond acceptors (Lipinski definition) is 5. The van der Waals surface area contributed by atoms with E-state index >= 15 is 0 Å². The Labute approximate surface area is 162 Å². The van der Waals surface area contributed by atoms with Crippen molar-refractivity contribution in [3.05, 3.63) is 41.5 Å². The predicted octanol–water partition coefficient (Wildman–Crippen LogP) is 4.94. The molecule has 0 radical (unpaired) electrons. The van der Waals surface area contributed by atoms with E-state index in [1.165, 1.54) is 11.1 Å². The number of thioether (sulfide) groups is 1. The van der Waals surface area contributed by atoms with Gasteiger partial charge < -0.3 is 10.5 Å². The summed E-state index contributed by atoms with van der Waals surface area (Å²) in [4.78, 5) is 8.98. The van der Waals surface area contributed by atoms with E-state index in [-0.39, 0.29) is 5.54 Å². The Morgan fingerprint density at radius 2 is 2.15 bits per heavy atom. The topological polar surface area (TPSA) is 60.0 Å². The Bertz CT molecular complexity index is 669. The quantitative estimate of drug-likeness (QED) is 0.719. The standard InChI is InChI=1S/C19H25N3OS.C2H6/c1-19(9-12-24-18(20)22-19)16-7-2-8-17(13-16)23-11-4-6-15-5-3-10-21-14-15;1-2/h2,5,7-8,13-14H,3-4,6,9-12H2,1H3,(H2,20,22);1-2H3. The van der Waals surface area contributed by atoms with Crippen LogP contribution in [-0.2, 0) is 5.54 Å². The lowest BCUT2D eigenvalue weighted by Gasteiger charge is -2.30. The van der Waals surface area contributed by atoms with Gasteiger partial charge in [0.1, 0.15) is 5.75 Å². The lowest BCUT2D eigenvalue weighted by molar-refractivity contribution is 0.310. The molecule has 0 saturated heterocycles. The van der Waals surface area contributed by atoms with E-state index < -0.39 is 0 Å². The molecule has 2 aliphatic rings. The van der Waals surface area contributed by atoms with Gasteiger partial charge in [0.15, 0.2) is 5.17 Å². The van der Waals surface area contributed by atoms with Crippen LogP contribution in [0.2, 0.25) is 0 Å². The van der Waals surface area contributed by atoms with E-state index in [0.29, 0.717) is 11.8 Å². The highest BCUT2D eigenvalue weighted by molar-refractivity contribution is 8.13. The fraction of sp³-hybridized carbons (Fsp3) is 0.524. The smallest absolute Gasteiger partial charge is 0.154 e. The van der Waals surface area contributed by atoms with Crippen molar-refractivity contribution in [2.24, 2.45) is 15.7 Å². The number of nitrogens with two attached hydrogens (primary N) is 1. The molecule has 142 valence electrons. The zero-order chi connectivity index (χ0) is 18.8. The molecule has 2 heterocycles. The average molecular weight is 374 g/mol. The van der Waals surface area contributed by atoms with Crippen molar-refractivity contribution in [3.63, 3.8) is 0 Å². The molecule has 0 amide bonds. The molecule has 0 saturated carbocycles. The van der Waals surface area contributed by atoms with Crippen molar-refractivity contribution >= 4 is 23.1 Å². The highest BCUT2D eigenvalue weighted by Gasteiger charge is 2.29. The van der Waals surface area contributed by atoms with E-state index in [9.17, 15) is 0 Å². The fourth-order valence-corrected chi connectivity index (χ4v) is 3.98. The monoisotopic (exact) mass is 373 g/mol. The average Bonchev–Trinajstić information content (AvgIpc) is 2.68. The van der Waals surface area contributed by atoms with Crippen molar-refractivity contribution in [3.8, 4) is 5.75 Å². The van der Waals surface area contributed by atoms with Gasteiger partial charge in [-0.25, -0.2) is 0 Å². The largest absolute Gasteiger partial charge is 0.494 e. The number of amidine groups is 1. The summed E-state index contributed by atoms with van der Waals surface area (Å²) in [7, 11) is 0. The van der Waals surface area contributed by atoms with Gasteiger partial charge in [0.2, 0.25) is 0 Å². The van der Waals surface area contributed by atoms with Crippen LogP contribution in [0.1, 0.15) is 52.0 Å². The fourth-order valence-electron chi connectivity index (χ4n) is 3.01. The zero-order valence-electron chi connectivity index (χ0n) is 16.2. The molecule has 1 atom stereocenters. The Balaban J connectivity index is 0.00000117. The van der Waals surface area contributed by atoms with Crippen molar-refractivity contribution in [1.82, 2.24) is 0 Å². The van der Waals surface area contributed by atoms with Crippen LogP contribution >= 0.6 is 11.8 Å². The first-order chi connectivity index (χ1) is 12.7. The normalized spacial score (nSPS) is 22.0. The SMILES string of the molecule is CC.CC1(c2cccc(OCCCC3=CCCN=C3)c2)CCSC(N)=N1. The number of allylic oxidation sites excluding steroid dienone is 1. The molecular weight excluding hydrogens is 342 g/mol. The van der Waals surface area contributed by atoms with Crippen LogP contribution in [0.15, 0.2) is 45.9 Å². The summed E-state index contributed by atoms with van der Waals surface area (Å²) in [6.45, 7) is 7.79. The molecule has 3 rings (SSSR count). The highest BCUT2D eigenvalue weighted by atomic mass is 32.2. The second-order valence-electron chi connectivity index (χ2n) is 6.41. The van der Waals surface area contributed by atoms with Crippen molar-refractivity contribution < 1.29 is 4.74 Å². The molecule has 0 bridgehead atoms. The molecule has 26 heavy (non-hydrogen) atoms. The maximum absolute atomic E-state index is 5.94. The summed E-state index contributed by atoms with van der Waals surface area (Å²) < 4.78 is 5.94. The lowest BCUT2D eigenvalue weighted by atomic mass is 9.90. The minimum Gasteiger partial charge on any atom is -0.494 e. The number of nitrogens with zero attached hydrogens (tertiary/aromatic N) is 2. The Morgan fingerprint density at radius 1 is 1.31 bits per heavy atom. The third kappa shape index (κ3) is 5.90. The molecule has 1 aromatic rings. The summed E-state index contributed by atoms with van der Waals surface area (Å²) in [5.41, 5.74) is 8.18. The van der Waals surface area contributed by atoms with Crippen LogP contribution < -0.4 is 10.5 Å². The van der Waals surface area contributed by atoms with E-state index in [4.69, 9.17) is 10.5 Å². The Kier molecular flexibility index (Phi) is 8.23. The first kappa shape index (κ1) is 20.6. The number of ether oxygens (including phenoxy) is 1. The van der Waals surface area contributed by atoms with Gasteiger partial charge >= 0.3 is 0 Å². The molecule has 1 aromatic carbocycles. The van der Waals surface area contributed by atoms with Gasteiger partial charge in [-0.1, -0.05) is 43.8 Å². The van der Waals surface area contributed by atoms with E-state index in [2.05, 4.69) is 35.1 Å². The van der Waals surface area contributed by atoms with Crippen molar-refractivity contribution in [2.45, 2.75) is 52.0 Å². The Hall–Kier alpha value is -1.75. The molecule has 0 spiro atoms. The second kappa shape index (κ2) is 10.4. The Morgan fingerprint density at radius 3 is 2.88 bits per heavy atom. The van der Waals surface area contributed by atoms with E-state index in [1.54, 1.807) is 11.8 Å². The molecular formula is C21H31N3OS. The van der Waals surface area contributed by atoms with Gasteiger partial charge in [-0.2, -0.15) is 0 Å². The third-order valence-electron chi connectivity index (χ3n) is 4.45. The molecule has 0 aliphatic carbocycles.